The van der Waals surface area contributed by atoms with Gasteiger partial charge >= 0.3 is 0 Å². The first kappa shape index (κ1) is 12.7. The van der Waals surface area contributed by atoms with Crippen molar-refractivity contribution in [2.24, 2.45) is 0 Å². The fourth-order valence-electron chi connectivity index (χ4n) is 1.61. The van der Waals surface area contributed by atoms with Crippen LogP contribution in [0.25, 0.3) is 0 Å². The number of aromatic nitrogens is 2. The van der Waals surface area contributed by atoms with Crippen LogP contribution < -0.4 is 11.1 Å². The predicted octanol–water partition coefficient (Wildman–Crippen LogP) is 1.89. The minimum atomic E-state index is -0.505. The topological polar surface area (TPSA) is 107 Å². The second kappa shape index (κ2) is 5.30. The van der Waals surface area contributed by atoms with Crippen LogP contribution in [0.5, 0.6) is 0 Å². The number of nitrogens with zero attached hydrogens (tertiary/aromatic N) is 3. The van der Waals surface area contributed by atoms with E-state index < -0.39 is 4.92 Å². The molecule has 0 aliphatic rings. The zero-order valence-corrected chi connectivity index (χ0v) is 10.3. The average molecular weight is 259 g/mol. The van der Waals surface area contributed by atoms with E-state index in [1.807, 2.05) is 19.1 Å². The number of aryl methyl sites for hydroxylation is 1. The molecule has 2 aromatic heterocycles. The molecule has 7 heteroatoms. The summed E-state index contributed by atoms with van der Waals surface area (Å²) in [4.78, 5) is 18.4. The Labute approximate surface area is 109 Å². The van der Waals surface area contributed by atoms with Gasteiger partial charge in [0.15, 0.2) is 0 Å². The van der Waals surface area contributed by atoms with Crippen LogP contribution in [0.1, 0.15) is 11.3 Å². The summed E-state index contributed by atoms with van der Waals surface area (Å²) >= 11 is 0. The normalized spacial score (nSPS) is 10.2. The van der Waals surface area contributed by atoms with Gasteiger partial charge in [-0.1, -0.05) is 6.07 Å². The van der Waals surface area contributed by atoms with Crippen molar-refractivity contribution in [2.45, 2.75) is 13.5 Å². The molecule has 0 bridgehead atoms. The first-order valence-electron chi connectivity index (χ1n) is 5.62. The van der Waals surface area contributed by atoms with Gasteiger partial charge in [0.25, 0.3) is 5.69 Å². The Balaban J connectivity index is 2.16. The van der Waals surface area contributed by atoms with Crippen molar-refractivity contribution in [1.82, 2.24) is 9.97 Å². The van der Waals surface area contributed by atoms with Gasteiger partial charge in [-0.05, 0) is 18.6 Å². The number of nitro groups is 1. The molecule has 0 aliphatic carbocycles. The van der Waals surface area contributed by atoms with Crippen molar-refractivity contribution in [2.75, 3.05) is 11.1 Å². The van der Waals surface area contributed by atoms with E-state index >= 15 is 0 Å². The number of hydrogen-bond acceptors (Lipinski definition) is 6. The van der Waals surface area contributed by atoms with Gasteiger partial charge in [0, 0.05) is 6.20 Å². The number of hydrogen-bond donors (Lipinski definition) is 2. The SMILES string of the molecule is Cc1cccnc1CNc1cc([N+](=O)[O-])cc(N)n1. The highest BCUT2D eigenvalue weighted by Gasteiger charge is 2.10. The van der Waals surface area contributed by atoms with Crippen LogP contribution in [-0.4, -0.2) is 14.9 Å². The van der Waals surface area contributed by atoms with Crippen LogP contribution in [0.4, 0.5) is 17.3 Å². The largest absolute Gasteiger partial charge is 0.383 e. The molecular formula is C12H13N5O2. The van der Waals surface area contributed by atoms with Crippen molar-refractivity contribution in [3.05, 3.63) is 51.8 Å². The summed E-state index contributed by atoms with van der Waals surface area (Å²) < 4.78 is 0. The molecule has 3 N–H and O–H groups in total. The minimum Gasteiger partial charge on any atom is -0.383 e. The van der Waals surface area contributed by atoms with E-state index in [1.165, 1.54) is 12.1 Å². The van der Waals surface area contributed by atoms with Gasteiger partial charge in [-0.15, -0.1) is 0 Å². The van der Waals surface area contributed by atoms with E-state index in [2.05, 4.69) is 15.3 Å². The monoisotopic (exact) mass is 259 g/mol. The molecule has 2 aromatic rings. The lowest BCUT2D eigenvalue weighted by Gasteiger charge is -2.07. The Morgan fingerprint density at radius 2 is 2.26 bits per heavy atom. The predicted molar refractivity (Wildman–Crippen MR) is 71.6 cm³/mol. The lowest BCUT2D eigenvalue weighted by Crippen LogP contribution is -2.06. The third-order valence-electron chi connectivity index (χ3n) is 2.60. The van der Waals surface area contributed by atoms with Crippen molar-refractivity contribution in [1.29, 1.82) is 0 Å². The van der Waals surface area contributed by atoms with Crippen LogP contribution >= 0.6 is 0 Å². The number of pyridine rings is 2. The summed E-state index contributed by atoms with van der Waals surface area (Å²) in [5.41, 5.74) is 7.33. The Hall–Kier alpha value is -2.70. The quantitative estimate of drug-likeness (QED) is 0.641. The summed E-state index contributed by atoms with van der Waals surface area (Å²) in [6.45, 7) is 2.37. The summed E-state index contributed by atoms with van der Waals surface area (Å²) in [6, 6.07) is 6.35. The smallest absolute Gasteiger partial charge is 0.276 e. The molecule has 0 aromatic carbocycles. The molecule has 0 spiro atoms. The molecule has 0 amide bonds. The first-order valence-corrected chi connectivity index (χ1v) is 5.62. The van der Waals surface area contributed by atoms with E-state index in [4.69, 9.17) is 5.73 Å². The lowest BCUT2D eigenvalue weighted by molar-refractivity contribution is -0.384. The average Bonchev–Trinajstić information content (AvgIpc) is 2.37. The van der Waals surface area contributed by atoms with E-state index in [-0.39, 0.29) is 11.5 Å². The molecule has 0 unspecified atom stereocenters. The second-order valence-electron chi connectivity index (χ2n) is 4.01. The molecule has 2 rings (SSSR count). The van der Waals surface area contributed by atoms with Gasteiger partial charge in [0.2, 0.25) is 0 Å². The van der Waals surface area contributed by atoms with Crippen molar-refractivity contribution in [3.8, 4) is 0 Å². The molecule has 0 radical (unpaired) electrons. The van der Waals surface area contributed by atoms with Gasteiger partial charge in [0.05, 0.1) is 29.3 Å². The molecular weight excluding hydrogens is 246 g/mol. The Kier molecular flexibility index (Phi) is 3.56. The maximum absolute atomic E-state index is 10.7. The Bertz CT molecular complexity index is 615. The van der Waals surface area contributed by atoms with E-state index in [1.54, 1.807) is 6.20 Å². The van der Waals surface area contributed by atoms with E-state index in [0.29, 0.717) is 12.4 Å². The van der Waals surface area contributed by atoms with Crippen molar-refractivity contribution >= 4 is 17.3 Å². The zero-order valence-electron chi connectivity index (χ0n) is 10.3. The second-order valence-corrected chi connectivity index (χ2v) is 4.01. The fourth-order valence-corrected chi connectivity index (χ4v) is 1.61. The number of anilines is 2. The van der Waals surface area contributed by atoms with Crippen LogP contribution in [-0.2, 0) is 6.54 Å². The highest BCUT2D eigenvalue weighted by Crippen LogP contribution is 2.19. The van der Waals surface area contributed by atoms with Gasteiger partial charge in [0.1, 0.15) is 11.6 Å². The van der Waals surface area contributed by atoms with Gasteiger partial charge in [-0.2, -0.15) is 0 Å². The van der Waals surface area contributed by atoms with Crippen LogP contribution in [0.2, 0.25) is 0 Å². The number of nitrogens with one attached hydrogen (secondary N) is 1. The van der Waals surface area contributed by atoms with Crippen LogP contribution in [0.15, 0.2) is 30.5 Å². The van der Waals surface area contributed by atoms with E-state index in [9.17, 15) is 10.1 Å². The third kappa shape index (κ3) is 3.15. The Morgan fingerprint density at radius 3 is 2.95 bits per heavy atom. The van der Waals surface area contributed by atoms with Crippen molar-refractivity contribution in [3.63, 3.8) is 0 Å². The van der Waals surface area contributed by atoms with Crippen molar-refractivity contribution < 1.29 is 4.92 Å². The molecule has 2 heterocycles. The molecule has 0 fully saturated rings. The summed E-state index contributed by atoms with van der Waals surface area (Å²) in [5, 5.41) is 13.7. The minimum absolute atomic E-state index is 0.0901. The number of rotatable bonds is 4. The molecule has 0 atom stereocenters. The van der Waals surface area contributed by atoms with E-state index in [0.717, 1.165) is 11.3 Å². The van der Waals surface area contributed by atoms with Gasteiger partial charge < -0.3 is 11.1 Å². The highest BCUT2D eigenvalue weighted by atomic mass is 16.6. The molecule has 19 heavy (non-hydrogen) atoms. The summed E-state index contributed by atoms with van der Waals surface area (Å²) in [6.07, 6.45) is 1.69. The number of nitrogen functional groups attached to an aromatic ring is 1. The molecule has 0 saturated carbocycles. The summed E-state index contributed by atoms with van der Waals surface area (Å²) in [7, 11) is 0. The third-order valence-corrected chi connectivity index (χ3v) is 2.60. The molecule has 98 valence electrons. The van der Waals surface area contributed by atoms with Gasteiger partial charge in [-0.25, -0.2) is 4.98 Å². The molecule has 7 nitrogen and oxygen atoms in total. The number of nitrogens with two attached hydrogens (primary N) is 1. The van der Waals surface area contributed by atoms with Crippen LogP contribution in [0.3, 0.4) is 0 Å². The van der Waals surface area contributed by atoms with Crippen LogP contribution in [0, 0.1) is 17.0 Å². The molecule has 0 saturated heterocycles. The van der Waals surface area contributed by atoms with Gasteiger partial charge in [-0.3, -0.25) is 15.1 Å². The first-order chi connectivity index (χ1) is 9.06. The zero-order chi connectivity index (χ0) is 13.8. The fraction of sp³-hybridized carbons (Fsp3) is 0.167. The molecule has 0 aliphatic heterocycles. The summed E-state index contributed by atoms with van der Waals surface area (Å²) in [5.74, 6) is 0.464. The highest BCUT2D eigenvalue weighted by molar-refractivity contribution is 5.52. The maximum Gasteiger partial charge on any atom is 0.276 e. The lowest BCUT2D eigenvalue weighted by atomic mass is 10.2. The maximum atomic E-state index is 10.7. The standard InChI is InChI=1S/C12H13N5O2/c1-8-3-2-4-14-10(8)7-15-12-6-9(17(18)19)5-11(13)16-12/h2-6H,7H2,1H3,(H3,13,15,16). The Morgan fingerprint density at radius 1 is 1.47 bits per heavy atom.